The highest BCUT2D eigenvalue weighted by atomic mass is 16.5. The molecular weight excluding hydrogens is 268 g/mol. The van der Waals surface area contributed by atoms with Crippen molar-refractivity contribution >= 4 is 11.6 Å². The lowest BCUT2D eigenvalue weighted by Gasteiger charge is -2.11. The summed E-state index contributed by atoms with van der Waals surface area (Å²) in [5.41, 5.74) is 0.944. The van der Waals surface area contributed by atoms with Crippen LogP contribution < -0.4 is 10.6 Å². The summed E-state index contributed by atoms with van der Waals surface area (Å²) >= 11 is 0. The Morgan fingerprint density at radius 1 is 1.05 bits per heavy atom. The number of rotatable bonds is 8. The van der Waals surface area contributed by atoms with Gasteiger partial charge in [-0.2, -0.15) is 0 Å². The van der Waals surface area contributed by atoms with Crippen LogP contribution in [0.25, 0.3) is 11.4 Å². The van der Waals surface area contributed by atoms with Crippen molar-refractivity contribution in [2.24, 2.45) is 0 Å². The third-order valence-electron chi connectivity index (χ3n) is 2.79. The minimum atomic E-state index is 0.0527. The van der Waals surface area contributed by atoms with Gasteiger partial charge in [0.05, 0.1) is 13.2 Å². The molecule has 0 bridgehead atoms. The molecule has 0 saturated heterocycles. The maximum absolute atomic E-state index is 8.92. The molecular formula is C15H20N4O2. The number of ether oxygens (including phenoxy) is 1. The Morgan fingerprint density at radius 3 is 2.33 bits per heavy atom. The van der Waals surface area contributed by atoms with Crippen LogP contribution in [0.1, 0.15) is 0 Å². The van der Waals surface area contributed by atoms with Gasteiger partial charge < -0.3 is 20.5 Å². The number of aliphatic hydroxyl groups excluding tert-OH is 1. The number of aromatic nitrogens is 2. The average Bonchev–Trinajstić information content (AvgIpc) is 2.54. The highest BCUT2D eigenvalue weighted by molar-refractivity contribution is 5.61. The number of aliphatic hydroxyl groups is 1. The molecule has 0 aliphatic rings. The number of hydrogen-bond donors (Lipinski definition) is 3. The highest BCUT2D eigenvalue weighted by Gasteiger charge is 2.06. The first kappa shape index (κ1) is 15.2. The van der Waals surface area contributed by atoms with Gasteiger partial charge in [-0.25, -0.2) is 9.97 Å². The number of methoxy groups -OCH3 is 1. The zero-order valence-corrected chi connectivity index (χ0v) is 12.0. The van der Waals surface area contributed by atoms with Gasteiger partial charge in [0.15, 0.2) is 5.82 Å². The van der Waals surface area contributed by atoms with Crippen molar-refractivity contribution in [2.45, 2.75) is 0 Å². The zero-order chi connectivity index (χ0) is 14.9. The van der Waals surface area contributed by atoms with Gasteiger partial charge >= 0.3 is 0 Å². The summed E-state index contributed by atoms with van der Waals surface area (Å²) in [7, 11) is 1.66. The molecule has 0 saturated carbocycles. The molecule has 0 unspecified atom stereocenters. The van der Waals surface area contributed by atoms with E-state index in [0.29, 0.717) is 31.3 Å². The van der Waals surface area contributed by atoms with Gasteiger partial charge in [-0.15, -0.1) is 0 Å². The van der Waals surface area contributed by atoms with E-state index in [1.54, 1.807) is 7.11 Å². The minimum absolute atomic E-state index is 0.0527. The van der Waals surface area contributed by atoms with E-state index in [1.165, 1.54) is 0 Å². The first-order valence-corrected chi connectivity index (χ1v) is 6.85. The van der Waals surface area contributed by atoms with E-state index < -0.39 is 0 Å². The van der Waals surface area contributed by atoms with Gasteiger partial charge in [0, 0.05) is 31.8 Å². The number of nitrogens with one attached hydrogen (secondary N) is 2. The maximum Gasteiger partial charge on any atom is 0.163 e. The van der Waals surface area contributed by atoms with Crippen molar-refractivity contribution in [1.29, 1.82) is 0 Å². The van der Waals surface area contributed by atoms with Crippen molar-refractivity contribution in [3.05, 3.63) is 36.4 Å². The summed E-state index contributed by atoms with van der Waals surface area (Å²) in [5, 5.41) is 15.2. The smallest absolute Gasteiger partial charge is 0.163 e. The van der Waals surface area contributed by atoms with Crippen molar-refractivity contribution in [3.63, 3.8) is 0 Å². The van der Waals surface area contributed by atoms with Crippen LogP contribution in [-0.2, 0) is 4.74 Å². The van der Waals surface area contributed by atoms with Crippen LogP contribution in [0.2, 0.25) is 0 Å². The predicted molar refractivity (Wildman–Crippen MR) is 83.4 cm³/mol. The van der Waals surface area contributed by atoms with E-state index in [-0.39, 0.29) is 6.61 Å². The van der Waals surface area contributed by atoms with E-state index in [0.717, 1.165) is 11.4 Å². The quantitative estimate of drug-likeness (QED) is 0.640. The van der Waals surface area contributed by atoms with Gasteiger partial charge in [0.2, 0.25) is 0 Å². The van der Waals surface area contributed by atoms with Crippen LogP contribution in [0.4, 0.5) is 11.6 Å². The van der Waals surface area contributed by atoms with Crippen molar-refractivity contribution in [1.82, 2.24) is 9.97 Å². The van der Waals surface area contributed by atoms with Crippen LogP contribution in [0.3, 0.4) is 0 Å². The van der Waals surface area contributed by atoms with Crippen LogP contribution in [0.15, 0.2) is 36.4 Å². The van der Waals surface area contributed by atoms with Gasteiger partial charge in [0.1, 0.15) is 11.6 Å². The van der Waals surface area contributed by atoms with Crippen molar-refractivity contribution in [3.8, 4) is 11.4 Å². The first-order chi connectivity index (χ1) is 10.3. The highest BCUT2D eigenvalue weighted by Crippen LogP contribution is 2.19. The molecule has 0 amide bonds. The van der Waals surface area contributed by atoms with E-state index in [9.17, 15) is 0 Å². The van der Waals surface area contributed by atoms with Crippen molar-refractivity contribution < 1.29 is 9.84 Å². The second-order valence-corrected chi connectivity index (χ2v) is 4.40. The summed E-state index contributed by atoms with van der Waals surface area (Å²) in [6.45, 7) is 1.77. The fourth-order valence-electron chi connectivity index (χ4n) is 1.81. The lowest BCUT2D eigenvalue weighted by Crippen LogP contribution is -2.12. The molecule has 0 spiro atoms. The van der Waals surface area contributed by atoms with Gasteiger partial charge in [-0.05, 0) is 0 Å². The van der Waals surface area contributed by atoms with E-state index >= 15 is 0 Å². The topological polar surface area (TPSA) is 79.3 Å². The Hall–Kier alpha value is -2.18. The third-order valence-corrected chi connectivity index (χ3v) is 2.79. The van der Waals surface area contributed by atoms with Gasteiger partial charge in [-0.1, -0.05) is 30.3 Å². The maximum atomic E-state index is 8.92. The molecule has 1 aromatic heterocycles. The standard InChI is InChI=1S/C15H20N4O2/c1-21-10-8-17-14-11-13(16-7-9-20)18-15(19-14)12-5-3-2-4-6-12/h2-6,11,20H,7-10H2,1H3,(H2,16,17,18,19). The Labute approximate surface area is 124 Å². The normalized spacial score (nSPS) is 10.4. The molecule has 1 aromatic carbocycles. The molecule has 0 atom stereocenters. The van der Waals surface area contributed by atoms with Crippen molar-refractivity contribution in [2.75, 3.05) is 44.0 Å². The van der Waals surface area contributed by atoms with Crippen LogP contribution in [-0.4, -0.2) is 48.5 Å². The number of hydrogen-bond acceptors (Lipinski definition) is 6. The van der Waals surface area contributed by atoms with E-state index in [2.05, 4.69) is 20.6 Å². The summed E-state index contributed by atoms with van der Waals surface area (Å²) in [6.07, 6.45) is 0. The van der Waals surface area contributed by atoms with E-state index in [1.807, 2.05) is 36.4 Å². The van der Waals surface area contributed by atoms with Gasteiger partial charge in [0.25, 0.3) is 0 Å². The predicted octanol–water partition coefficient (Wildman–Crippen LogP) is 1.61. The molecule has 0 fully saturated rings. The summed E-state index contributed by atoms with van der Waals surface area (Å²) in [5.74, 6) is 2.04. The average molecular weight is 288 g/mol. The fourth-order valence-corrected chi connectivity index (χ4v) is 1.81. The molecule has 21 heavy (non-hydrogen) atoms. The molecule has 6 heteroatoms. The van der Waals surface area contributed by atoms with Crippen LogP contribution >= 0.6 is 0 Å². The monoisotopic (exact) mass is 288 g/mol. The lowest BCUT2D eigenvalue weighted by atomic mass is 10.2. The second-order valence-electron chi connectivity index (χ2n) is 4.40. The molecule has 1 heterocycles. The molecule has 112 valence electrons. The number of nitrogens with zero attached hydrogens (tertiary/aromatic N) is 2. The molecule has 0 aliphatic heterocycles. The fraction of sp³-hybridized carbons (Fsp3) is 0.333. The molecule has 6 nitrogen and oxygen atoms in total. The van der Waals surface area contributed by atoms with Gasteiger partial charge in [-0.3, -0.25) is 0 Å². The first-order valence-electron chi connectivity index (χ1n) is 6.85. The summed E-state index contributed by atoms with van der Waals surface area (Å²) in [4.78, 5) is 8.97. The molecule has 3 N–H and O–H groups in total. The summed E-state index contributed by atoms with van der Waals surface area (Å²) in [6, 6.07) is 11.6. The molecule has 0 radical (unpaired) electrons. The minimum Gasteiger partial charge on any atom is -0.395 e. The number of benzene rings is 1. The Kier molecular flexibility index (Phi) is 5.93. The van der Waals surface area contributed by atoms with E-state index in [4.69, 9.17) is 9.84 Å². The zero-order valence-electron chi connectivity index (χ0n) is 12.0. The SMILES string of the molecule is COCCNc1cc(NCCO)nc(-c2ccccc2)n1. The summed E-state index contributed by atoms with van der Waals surface area (Å²) < 4.78 is 5.02. The second kappa shape index (κ2) is 8.18. The third kappa shape index (κ3) is 4.70. The molecule has 0 aliphatic carbocycles. The molecule has 2 aromatic rings. The molecule has 2 rings (SSSR count). The Balaban J connectivity index is 2.23. The van der Waals surface area contributed by atoms with Crippen LogP contribution in [0, 0.1) is 0 Å². The largest absolute Gasteiger partial charge is 0.395 e. The lowest BCUT2D eigenvalue weighted by molar-refractivity contribution is 0.210. The Bertz CT molecular complexity index is 549. The number of anilines is 2. The van der Waals surface area contributed by atoms with Crippen LogP contribution in [0.5, 0.6) is 0 Å². The Morgan fingerprint density at radius 2 is 1.71 bits per heavy atom.